The summed E-state index contributed by atoms with van der Waals surface area (Å²) in [5.41, 5.74) is 0.932. The number of hydrogen-bond acceptors (Lipinski definition) is 5. The van der Waals surface area contributed by atoms with E-state index in [4.69, 9.17) is 9.15 Å². The van der Waals surface area contributed by atoms with Crippen molar-refractivity contribution in [1.82, 2.24) is 10.3 Å². The number of ether oxygens (including phenoxy) is 1. The predicted molar refractivity (Wildman–Crippen MR) is 72.8 cm³/mol. The van der Waals surface area contributed by atoms with Gasteiger partial charge in [-0.15, -0.1) is 0 Å². The zero-order valence-electron chi connectivity index (χ0n) is 12.1. The first-order valence-electron chi connectivity index (χ1n) is 6.51. The average molecular weight is 255 g/mol. The third-order valence-electron chi connectivity index (χ3n) is 2.76. The summed E-state index contributed by atoms with van der Waals surface area (Å²) < 4.78 is 10.7. The van der Waals surface area contributed by atoms with Crippen LogP contribution in [0.25, 0.3) is 0 Å². The normalized spacial score (nSPS) is 13.0. The van der Waals surface area contributed by atoms with Crippen molar-refractivity contribution >= 4 is 6.01 Å². The van der Waals surface area contributed by atoms with E-state index in [0.717, 1.165) is 18.8 Å². The number of nitrogens with one attached hydrogen (secondary N) is 1. The van der Waals surface area contributed by atoms with E-state index in [0.29, 0.717) is 18.7 Å². The van der Waals surface area contributed by atoms with Crippen LogP contribution < -0.4 is 10.2 Å². The molecule has 0 bridgehead atoms. The highest BCUT2D eigenvalue weighted by atomic mass is 16.5. The van der Waals surface area contributed by atoms with E-state index in [2.05, 4.69) is 42.9 Å². The second-order valence-corrected chi connectivity index (χ2v) is 4.75. The Morgan fingerprint density at radius 2 is 2.17 bits per heavy atom. The van der Waals surface area contributed by atoms with Gasteiger partial charge in [-0.3, -0.25) is 0 Å². The molecule has 0 radical (unpaired) electrons. The molecule has 0 aliphatic rings. The number of nitrogens with zero attached hydrogens (tertiary/aromatic N) is 2. The van der Waals surface area contributed by atoms with E-state index < -0.39 is 0 Å². The maximum atomic E-state index is 5.54. The van der Waals surface area contributed by atoms with Gasteiger partial charge in [-0.2, -0.15) is 4.98 Å². The lowest BCUT2D eigenvalue weighted by Gasteiger charge is -2.25. The van der Waals surface area contributed by atoms with Gasteiger partial charge in [0.15, 0.2) is 0 Å². The summed E-state index contributed by atoms with van der Waals surface area (Å²) in [6.45, 7) is 10.7. The molecule has 18 heavy (non-hydrogen) atoms. The van der Waals surface area contributed by atoms with E-state index in [1.165, 1.54) is 0 Å². The van der Waals surface area contributed by atoms with Crippen molar-refractivity contribution in [1.29, 1.82) is 0 Å². The molecule has 1 unspecified atom stereocenters. The second-order valence-electron chi connectivity index (χ2n) is 4.75. The first-order valence-corrected chi connectivity index (χ1v) is 6.51. The Labute approximate surface area is 110 Å². The molecule has 1 aromatic rings. The van der Waals surface area contributed by atoms with Gasteiger partial charge in [0.25, 0.3) is 6.01 Å². The molecule has 0 amide bonds. The predicted octanol–water partition coefficient (Wildman–Crippen LogP) is 2.03. The summed E-state index contributed by atoms with van der Waals surface area (Å²) in [6, 6.07) is 1.37. The van der Waals surface area contributed by atoms with E-state index in [9.17, 15) is 0 Å². The van der Waals surface area contributed by atoms with Crippen molar-refractivity contribution in [2.45, 2.75) is 46.3 Å². The first kappa shape index (κ1) is 15.0. The third kappa shape index (κ3) is 4.31. The minimum absolute atomic E-state index is 0.254. The van der Waals surface area contributed by atoms with Gasteiger partial charge in [0.1, 0.15) is 6.26 Å². The van der Waals surface area contributed by atoms with Crippen molar-refractivity contribution in [2.75, 3.05) is 25.2 Å². The summed E-state index contributed by atoms with van der Waals surface area (Å²) >= 11 is 0. The summed E-state index contributed by atoms with van der Waals surface area (Å²) in [5.74, 6) is 0. The van der Waals surface area contributed by atoms with E-state index >= 15 is 0 Å². The number of aromatic nitrogens is 1. The Bertz CT molecular complexity index is 339. The topological polar surface area (TPSA) is 50.5 Å². The van der Waals surface area contributed by atoms with Gasteiger partial charge >= 0.3 is 0 Å². The fourth-order valence-electron chi connectivity index (χ4n) is 1.78. The summed E-state index contributed by atoms with van der Waals surface area (Å²) in [6.07, 6.45) is 1.72. The summed E-state index contributed by atoms with van der Waals surface area (Å²) in [4.78, 5) is 6.60. The molecule has 0 aliphatic carbocycles. The van der Waals surface area contributed by atoms with Crippen molar-refractivity contribution in [3.8, 4) is 0 Å². The standard InChI is InChI=1S/C13H25N3O2/c1-6-16(11(4)8-17-5)13-15-12(9-18-13)7-14-10(2)3/h9-11,14H,6-8H2,1-5H3. The van der Waals surface area contributed by atoms with Gasteiger partial charge < -0.3 is 19.4 Å². The highest BCUT2D eigenvalue weighted by Gasteiger charge is 2.17. The molecule has 1 heterocycles. The van der Waals surface area contributed by atoms with Gasteiger partial charge in [-0.1, -0.05) is 13.8 Å². The molecule has 1 atom stereocenters. The molecule has 1 N–H and O–H groups in total. The van der Waals surface area contributed by atoms with Gasteiger partial charge in [-0.05, 0) is 13.8 Å². The number of oxazole rings is 1. The van der Waals surface area contributed by atoms with Crippen LogP contribution in [0.4, 0.5) is 6.01 Å². The molecule has 0 saturated carbocycles. The molecule has 5 nitrogen and oxygen atoms in total. The van der Waals surface area contributed by atoms with Gasteiger partial charge in [0.2, 0.25) is 0 Å². The molecular formula is C13H25N3O2. The Balaban J connectivity index is 2.64. The van der Waals surface area contributed by atoms with Crippen LogP contribution in [0.1, 0.15) is 33.4 Å². The molecular weight excluding hydrogens is 230 g/mol. The Morgan fingerprint density at radius 3 is 2.72 bits per heavy atom. The van der Waals surface area contributed by atoms with Gasteiger partial charge in [-0.25, -0.2) is 0 Å². The third-order valence-corrected chi connectivity index (χ3v) is 2.76. The van der Waals surface area contributed by atoms with Crippen LogP contribution in [-0.2, 0) is 11.3 Å². The lowest BCUT2D eigenvalue weighted by atomic mass is 10.3. The Morgan fingerprint density at radius 1 is 1.44 bits per heavy atom. The minimum atomic E-state index is 0.254. The fourth-order valence-corrected chi connectivity index (χ4v) is 1.78. The monoisotopic (exact) mass is 255 g/mol. The van der Waals surface area contributed by atoms with E-state index in [1.807, 2.05) is 0 Å². The number of methoxy groups -OCH3 is 1. The van der Waals surface area contributed by atoms with E-state index in [1.54, 1.807) is 13.4 Å². The molecule has 1 rings (SSSR count). The molecule has 0 aliphatic heterocycles. The minimum Gasteiger partial charge on any atom is -0.432 e. The molecule has 0 aromatic carbocycles. The van der Waals surface area contributed by atoms with E-state index in [-0.39, 0.29) is 6.04 Å². The fraction of sp³-hybridized carbons (Fsp3) is 0.769. The highest BCUT2D eigenvalue weighted by molar-refractivity contribution is 5.28. The van der Waals surface area contributed by atoms with Gasteiger partial charge in [0, 0.05) is 26.2 Å². The quantitative estimate of drug-likeness (QED) is 0.770. The number of rotatable bonds is 8. The first-order chi connectivity index (χ1) is 8.58. The van der Waals surface area contributed by atoms with Crippen LogP contribution in [0.15, 0.2) is 10.7 Å². The largest absolute Gasteiger partial charge is 0.432 e. The van der Waals surface area contributed by atoms with Gasteiger partial charge in [0.05, 0.1) is 18.3 Å². The van der Waals surface area contributed by atoms with Crippen molar-refractivity contribution in [3.05, 3.63) is 12.0 Å². The maximum absolute atomic E-state index is 5.54. The molecule has 0 spiro atoms. The van der Waals surface area contributed by atoms with Crippen LogP contribution in [0.3, 0.4) is 0 Å². The zero-order chi connectivity index (χ0) is 13.5. The van der Waals surface area contributed by atoms with Crippen molar-refractivity contribution in [3.63, 3.8) is 0 Å². The van der Waals surface area contributed by atoms with Crippen LogP contribution in [-0.4, -0.2) is 37.3 Å². The Hall–Kier alpha value is -1.07. The molecule has 104 valence electrons. The molecule has 5 heteroatoms. The summed E-state index contributed by atoms with van der Waals surface area (Å²) in [5, 5.41) is 3.32. The second kappa shape index (κ2) is 7.38. The average Bonchev–Trinajstić information content (AvgIpc) is 2.76. The SMILES string of the molecule is CCN(c1nc(CNC(C)C)co1)C(C)COC. The Kier molecular flexibility index (Phi) is 6.15. The number of hydrogen-bond donors (Lipinski definition) is 1. The van der Waals surface area contributed by atoms with Crippen molar-refractivity contribution < 1.29 is 9.15 Å². The summed E-state index contributed by atoms with van der Waals surface area (Å²) in [7, 11) is 1.71. The maximum Gasteiger partial charge on any atom is 0.297 e. The van der Waals surface area contributed by atoms with Crippen LogP contribution in [0.2, 0.25) is 0 Å². The number of anilines is 1. The molecule has 0 saturated heterocycles. The molecule has 0 fully saturated rings. The van der Waals surface area contributed by atoms with Crippen molar-refractivity contribution in [2.24, 2.45) is 0 Å². The van der Waals surface area contributed by atoms with Crippen LogP contribution in [0.5, 0.6) is 0 Å². The highest BCUT2D eigenvalue weighted by Crippen LogP contribution is 2.16. The lowest BCUT2D eigenvalue weighted by molar-refractivity contribution is 0.180. The van der Waals surface area contributed by atoms with Crippen LogP contribution in [0, 0.1) is 0 Å². The lowest BCUT2D eigenvalue weighted by Crippen LogP contribution is -2.36. The smallest absolute Gasteiger partial charge is 0.297 e. The molecule has 1 aromatic heterocycles. The number of likely N-dealkylation sites (N-methyl/N-ethyl adjacent to an activating group) is 1. The van der Waals surface area contributed by atoms with Crippen LogP contribution >= 0.6 is 0 Å². The zero-order valence-corrected chi connectivity index (χ0v) is 12.1.